The van der Waals surface area contributed by atoms with Crippen LogP contribution in [0, 0.1) is 0 Å². The van der Waals surface area contributed by atoms with Crippen LogP contribution in [0.5, 0.6) is 0 Å². The molecule has 10 heteroatoms. The number of ether oxygens (including phenoxy) is 1. The maximum atomic E-state index is 14.0. The molecule has 0 unspecified atom stereocenters. The largest absolute Gasteiger partial charge is 0.461 e. The lowest BCUT2D eigenvalue weighted by molar-refractivity contribution is -0.359. The maximum Gasteiger partial charge on any atom is 0.460 e. The minimum Gasteiger partial charge on any atom is -0.461 e. The van der Waals surface area contributed by atoms with Gasteiger partial charge in [0.15, 0.2) is 0 Å². The number of esters is 1. The number of hydrogen-bond acceptors (Lipinski definition) is 2. The second-order valence-corrected chi connectivity index (χ2v) is 6.09. The maximum absolute atomic E-state index is 14.0. The van der Waals surface area contributed by atoms with E-state index in [0.717, 1.165) is 0 Å². The van der Waals surface area contributed by atoms with Crippen LogP contribution in [0.3, 0.4) is 0 Å². The summed E-state index contributed by atoms with van der Waals surface area (Å²) in [4.78, 5) is 13.9. The van der Waals surface area contributed by atoms with Crippen LogP contribution < -0.4 is 0 Å². The van der Waals surface area contributed by atoms with Gasteiger partial charge in [0.1, 0.15) is 5.69 Å². The highest BCUT2D eigenvalue weighted by atomic mass is 19.4. The predicted octanol–water partition coefficient (Wildman–Crippen LogP) is 4.78. The predicted molar refractivity (Wildman–Crippen MR) is 70.3 cm³/mol. The number of nitrogens with one attached hydrogen (secondary N) is 1. The Labute approximate surface area is 133 Å². The molecule has 0 bridgehead atoms. The van der Waals surface area contributed by atoms with E-state index < -0.39 is 40.7 Å². The van der Waals surface area contributed by atoms with E-state index in [0.29, 0.717) is 6.07 Å². The van der Waals surface area contributed by atoms with Gasteiger partial charge in [-0.05, 0) is 13.0 Å². The zero-order valence-electron chi connectivity index (χ0n) is 13.2. The summed E-state index contributed by atoms with van der Waals surface area (Å²) in [5.41, 5.74) is -3.91. The van der Waals surface area contributed by atoms with Crippen molar-refractivity contribution in [1.29, 1.82) is 0 Å². The van der Waals surface area contributed by atoms with Crippen LogP contribution in [-0.4, -0.2) is 29.7 Å². The summed E-state index contributed by atoms with van der Waals surface area (Å²) in [7, 11) is 0. The molecular weight excluding hydrogens is 347 g/mol. The van der Waals surface area contributed by atoms with Crippen LogP contribution in [0.15, 0.2) is 6.07 Å². The molecule has 0 aromatic carbocycles. The van der Waals surface area contributed by atoms with Gasteiger partial charge in [0.05, 0.1) is 12.2 Å². The van der Waals surface area contributed by atoms with Gasteiger partial charge < -0.3 is 9.72 Å². The quantitative estimate of drug-likeness (QED) is 0.618. The number of aromatic amines is 1. The van der Waals surface area contributed by atoms with Crippen molar-refractivity contribution in [3.63, 3.8) is 0 Å². The fourth-order valence-corrected chi connectivity index (χ4v) is 1.82. The second kappa shape index (κ2) is 5.96. The number of carbonyl (C=O) groups excluding carboxylic acids is 1. The molecule has 0 aliphatic carbocycles. The molecule has 0 aliphatic rings. The van der Waals surface area contributed by atoms with Crippen molar-refractivity contribution in [2.75, 3.05) is 6.61 Å². The third kappa shape index (κ3) is 3.36. The Bertz CT molecular complexity index is 612. The highest BCUT2D eigenvalue weighted by Gasteiger charge is 2.74. The summed E-state index contributed by atoms with van der Waals surface area (Å²) in [6.45, 7) is 5.55. The Balaban J connectivity index is 3.61. The van der Waals surface area contributed by atoms with Crippen molar-refractivity contribution in [3.8, 4) is 0 Å². The minimum absolute atomic E-state index is 0.113. The molecule has 0 radical (unpaired) electrons. The van der Waals surface area contributed by atoms with Gasteiger partial charge in [-0.2, -0.15) is 30.7 Å². The van der Waals surface area contributed by atoms with Crippen molar-refractivity contribution in [2.24, 2.45) is 0 Å². The summed E-state index contributed by atoms with van der Waals surface area (Å²) in [5, 5.41) is 0. The van der Waals surface area contributed by atoms with Crippen LogP contribution in [-0.2, 0) is 16.1 Å². The summed E-state index contributed by atoms with van der Waals surface area (Å²) < 4.78 is 96.2. The number of halogens is 7. The number of rotatable bonds is 4. The normalized spacial score (nSPS) is 14.0. The number of alkyl halides is 7. The van der Waals surface area contributed by atoms with Gasteiger partial charge in [-0.15, -0.1) is 0 Å². The molecule has 0 atom stereocenters. The number of carbonyl (C=O) groups is 1. The molecule has 3 nitrogen and oxygen atoms in total. The van der Waals surface area contributed by atoms with Gasteiger partial charge in [0.2, 0.25) is 0 Å². The fourth-order valence-electron chi connectivity index (χ4n) is 1.82. The fraction of sp³-hybridized carbons (Fsp3) is 0.643. The molecular formula is C14H16F7NO2. The standard InChI is InChI=1S/C14H16F7NO2/c1-5-24-10(23)9-7(6-8(22-9)11(2,3)4)12(15,16)13(17,18)14(19,20)21/h6,22H,5H2,1-4H3. The first kappa shape index (κ1) is 20.3. The van der Waals surface area contributed by atoms with E-state index >= 15 is 0 Å². The van der Waals surface area contributed by atoms with E-state index in [-0.39, 0.29) is 12.3 Å². The van der Waals surface area contributed by atoms with Crippen LogP contribution >= 0.6 is 0 Å². The molecule has 0 amide bonds. The van der Waals surface area contributed by atoms with Crippen molar-refractivity contribution < 1.29 is 40.3 Å². The van der Waals surface area contributed by atoms with E-state index in [2.05, 4.69) is 9.72 Å². The third-order valence-electron chi connectivity index (χ3n) is 3.19. The lowest BCUT2D eigenvalue weighted by Gasteiger charge is -2.28. The molecule has 1 heterocycles. The van der Waals surface area contributed by atoms with E-state index in [4.69, 9.17) is 0 Å². The minimum atomic E-state index is -6.50. The SMILES string of the molecule is CCOC(=O)c1[nH]c(C(C)(C)C)cc1C(F)(F)C(F)(F)C(F)(F)F. The smallest absolute Gasteiger partial charge is 0.460 e. The molecule has 1 N–H and O–H groups in total. The van der Waals surface area contributed by atoms with Crippen molar-refractivity contribution >= 4 is 5.97 Å². The van der Waals surface area contributed by atoms with E-state index in [1.54, 1.807) is 0 Å². The average molecular weight is 363 g/mol. The summed E-state index contributed by atoms with van der Waals surface area (Å²) in [5.74, 6) is -13.5. The molecule has 138 valence electrons. The van der Waals surface area contributed by atoms with E-state index in [9.17, 15) is 35.5 Å². The Morgan fingerprint density at radius 2 is 1.58 bits per heavy atom. The zero-order chi connectivity index (χ0) is 19.1. The van der Waals surface area contributed by atoms with Gasteiger partial charge in [-0.3, -0.25) is 0 Å². The first-order chi connectivity index (χ1) is 10.6. The summed E-state index contributed by atoms with van der Waals surface area (Å²) in [6, 6.07) is 0.436. The number of aromatic nitrogens is 1. The van der Waals surface area contributed by atoms with Gasteiger partial charge >= 0.3 is 24.0 Å². The molecule has 1 aromatic heterocycles. The Kier molecular flexibility index (Phi) is 5.04. The van der Waals surface area contributed by atoms with Crippen molar-refractivity contribution in [3.05, 3.63) is 23.0 Å². The molecule has 0 fully saturated rings. The van der Waals surface area contributed by atoms with Crippen molar-refractivity contribution in [2.45, 2.75) is 51.1 Å². The number of H-pyrrole nitrogens is 1. The van der Waals surface area contributed by atoms with Crippen LogP contribution in [0.4, 0.5) is 30.7 Å². The highest BCUT2D eigenvalue weighted by Crippen LogP contribution is 2.53. The zero-order valence-corrected chi connectivity index (χ0v) is 13.2. The average Bonchev–Trinajstić information content (AvgIpc) is 2.82. The Morgan fingerprint density at radius 3 is 1.96 bits per heavy atom. The van der Waals surface area contributed by atoms with Gasteiger partial charge in [0.25, 0.3) is 0 Å². The Morgan fingerprint density at radius 1 is 1.08 bits per heavy atom. The molecule has 24 heavy (non-hydrogen) atoms. The lowest BCUT2D eigenvalue weighted by atomic mass is 9.91. The summed E-state index contributed by atoms with van der Waals surface area (Å²) in [6.07, 6.45) is -6.50. The molecule has 0 saturated heterocycles. The first-order valence-corrected chi connectivity index (χ1v) is 6.80. The molecule has 0 saturated carbocycles. The summed E-state index contributed by atoms with van der Waals surface area (Å²) >= 11 is 0. The Hall–Kier alpha value is -1.74. The van der Waals surface area contributed by atoms with E-state index in [1.165, 1.54) is 27.7 Å². The monoisotopic (exact) mass is 363 g/mol. The third-order valence-corrected chi connectivity index (χ3v) is 3.19. The van der Waals surface area contributed by atoms with E-state index in [1.807, 2.05) is 0 Å². The first-order valence-electron chi connectivity index (χ1n) is 6.80. The molecule has 1 aromatic rings. The van der Waals surface area contributed by atoms with Crippen LogP contribution in [0.1, 0.15) is 49.4 Å². The van der Waals surface area contributed by atoms with Gasteiger partial charge in [0, 0.05) is 11.1 Å². The lowest BCUT2D eigenvalue weighted by Crippen LogP contribution is -2.50. The van der Waals surface area contributed by atoms with Crippen LogP contribution in [0.2, 0.25) is 0 Å². The topological polar surface area (TPSA) is 42.1 Å². The molecule has 1 rings (SSSR count). The van der Waals surface area contributed by atoms with Crippen molar-refractivity contribution in [1.82, 2.24) is 4.98 Å². The highest BCUT2D eigenvalue weighted by molar-refractivity contribution is 5.89. The molecule has 0 aliphatic heterocycles. The number of hydrogen-bond donors (Lipinski definition) is 1. The van der Waals surface area contributed by atoms with Crippen LogP contribution in [0.25, 0.3) is 0 Å². The van der Waals surface area contributed by atoms with Gasteiger partial charge in [-0.25, -0.2) is 4.79 Å². The van der Waals surface area contributed by atoms with Gasteiger partial charge in [-0.1, -0.05) is 20.8 Å². The molecule has 0 spiro atoms. The second-order valence-electron chi connectivity index (χ2n) is 6.09.